The van der Waals surface area contributed by atoms with Crippen molar-refractivity contribution >= 4 is 23.4 Å². The van der Waals surface area contributed by atoms with Gasteiger partial charge in [0.15, 0.2) is 0 Å². The highest BCUT2D eigenvalue weighted by atomic mass is 35.5. The number of hydrogen-bond acceptors (Lipinski definition) is 2. The summed E-state index contributed by atoms with van der Waals surface area (Å²) in [6.07, 6.45) is -3.97. The van der Waals surface area contributed by atoms with Gasteiger partial charge in [0.05, 0.1) is 0 Å². The molecule has 0 bridgehead atoms. The number of carbonyl (C=O) groups excluding carboxylic acids is 2. The summed E-state index contributed by atoms with van der Waals surface area (Å²) in [4.78, 5) is 23.7. The molecule has 0 saturated carbocycles. The lowest BCUT2D eigenvalue weighted by Gasteiger charge is -2.32. The molecule has 4 nitrogen and oxygen atoms in total. The minimum Gasteiger partial charge on any atom is -0.345 e. The lowest BCUT2D eigenvalue weighted by atomic mass is 10.0. The van der Waals surface area contributed by atoms with Crippen LogP contribution in [0, 0.1) is 0 Å². The van der Waals surface area contributed by atoms with Crippen LogP contribution in [0.15, 0.2) is 0 Å². The third-order valence-corrected chi connectivity index (χ3v) is 2.94. The fraction of sp³-hybridized carbons (Fsp3) is 0.800. The summed E-state index contributed by atoms with van der Waals surface area (Å²) in [6.45, 7) is 0.692. The Bertz CT molecular complexity index is 315. The number of rotatable bonds is 3. The minimum atomic E-state index is -4.86. The molecule has 0 spiro atoms. The fourth-order valence-corrected chi connectivity index (χ4v) is 1.94. The second-order valence-electron chi connectivity index (χ2n) is 4.07. The van der Waals surface area contributed by atoms with Gasteiger partial charge < -0.3 is 10.2 Å². The Morgan fingerprint density at radius 1 is 1.28 bits per heavy atom. The van der Waals surface area contributed by atoms with E-state index in [4.69, 9.17) is 11.6 Å². The van der Waals surface area contributed by atoms with E-state index >= 15 is 0 Å². The lowest BCUT2D eigenvalue weighted by Crippen LogP contribution is -2.49. The second kappa shape index (κ2) is 6.26. The standard InChI is InChI=1S/C10H14ClF3N2O2/c11-4-1-8(17)16-5-2-7(3-6-16)15-9(18)10(12,13)14/h7H,1-6H2,(H,15,18). The van der Waals surface area contributed by atoms with Gasteiger partial charge in [-0.3, -0.25) is 9.59 Å². The van der Waals surface area contributed by atoms with Crippen LogP contribution in [-0.2, 0) is 9.59 Å². The number of halogens is 4. The van der Waals surface area contributed by atoms with Crippen LogP contribution in [0.1, 0.15) is 19.3 Å². The number of alkyl halides is 4. The van der Waals surface area contributed by atoms with E-state index in [2.05, 4.69) is 0 Å². The van der Waals surface area contributed by atoms with Gasteiger partial charge in [-0.25, -0.2) is 0 Å². The Morgan fingerprint density at radius 2 is 1.83 bits per heavy atom. The van der Waals surface area contributed by atoms with Crippen LogP contribution in [0.25, 0.3) is 0 Å². The van der Waals surface area contributed by atoms with Gasteiger partial charge in [0.2, 0.25) is 5.91 Å². The van der Waals surface area contributed by atoms with Crippen LogP contribution >= 0.6 is 11.6 Å². The van der Waals surface area contributed by atoms with E-state index < -0.39 is 18.1 Å². The van der Waals surface area contributed by atoms with E-state index in [-0.39, 0.29) is 18.2 Å². The Morgan fingerprint density at radius 3 is 2.28 bits per heavy atom. The molecule has 0 aromatic rings. The molecule has 1 saturated heterocycles. The van der Waals surface area contributed by atoms with Gasteiger partial charge in [-0.05, 0) is 12.8 Å². The van der Waals surface area contributed by atoms with Crippen molar-refractivity contribution in [1.82, 2.24) is 10.2 Å². The minimum absolute atomic E-state index is 0.106. The molecule has 0 atom stereocenters. The van der Waals surface area contributed by atoms with Gasteiger partial charge in [-0.2, -0.15) is 13.2 Å². The topological polar surface area (TPSA) is 49.4 Å². The van der Waals surface area contributed by atoms with Crippen molar-refractivity contribution in [3.05, 3.63) is 0 Å². The number of amides is 2. The fourth-order valence-electron chi connectivity index (χ4n) is 1.78. The molecule has 1 aliphatic heterocycles. The van der Waals surface area contributed by atoms with Crippen LogP contribution < -0.4 is 5.32 Å². The maximum atomic E-state index is 12.0. The molecule has 104 valence electrons. The van der Waals surface area contributed by atoms with Gasteiger partial charge in [0.1, 0.15) is 0 Å². The molecule has 0 aromatic carbocycles. The lowest BCUT2D eigenvalue weighted by molar-refractivity contribution is -0.174. The molecule has 2 amide bonds. The highest BCUT2D eigenvalue weighted by Gasteiger charge is 2.40. The molecule has 1 N–H and O–H groups in total. The molecular weight excluding hydrogens is 273 g/mol. The van der Waals surface area contributed by atoms with E-state index in [1.807, 2.05) is 5.32 Å². The van der Waals surface area contributed by atoms with E-state index in [1.54, 1.807) is 4.90 Å². The molecule has 0 unspecified atom stereocenters. The van der Waals surface area contributed by atoms with Crippen molar-refractivity contribution in [3.63, 3.8) is 0 Å². The van der Waals surface area contributed by atoms with Crippen LogP contribution in [0.2, 0.25) is 0 Å². The van der Waals surface area contributed by atoms with Gasteiger partial charge >= 0.3 is 12.1 Å². The monoisotopic (exact) mass is 286 g/mol. The molecule has 0 radical (unpaired) electrons. The normalized spacial score (nSPS) is 17.7. The van der Waals surface area contributed by atoms with Crippen molar-refractivity contribution in [2.75, 3.05) is 19.0 Å². The summed E-state index contributed by atoms with van der Waals surface area (Å²) in [5, 5.41) is 1.92. The highest BCUT2D eigenvalue weighted by Crippen LogP contribution is 2.17. The van der Waals surface area contributed by atoms with Gasteiger partial charge in [0, 0.05) is 31.4 Å². The summed E-state index contributed by atoms with van der Waals surface area (Å²) in [5.74, 6) is -1.80. The number of nitrogens with zero attached hydrogens (tertiary/aromatic N) is 1. The Kier molecular flexibility index (Phi) is 5.25. The number of likely N-dealkylation sites (tertiary alicyclic amines) is 1. The maximum Gasteiger partial charge on any atom is 0.471 e. The zero-order chi connectivity index (χ0) is 13.8. The third-order valence-electron chi connectivity index (χ3n) is 2.75. The molecule has 1 heterocycles. The van der Waals surface area contributed by atoms with Crippen LogP contribution in [0.4, 0.5) is 13.2 Å². The summed E-state index contributed by atoms with van der Waals surface area (Å²) in [7, 11) is 0. The Labute approximate surface area is 107 Å². The van der Waals surface area contributed by atoms with E-state index in [0.29, 0.717) is 25.9 Å². The summed E-state index contributed by atoms with van der Waals surface area (Å²) < 4.78 is 36.1. The maximum absolute atomic E-state index is 12.0. The van der Waals surface area contributed by atoms with Gasteiger partial charge in [-0.15, -0.1) is 11.6 Å². The summed E-state index contributed by atoms with van der Waals surface area (Å²) in [6, 6.07) is -0.529. The van der Waals surface area contributed by atoms with Crippen LogP contribution in [-0.4, -0.2) is 47.9 Å². The first-order valence-corrected chi connectivity index (χ1v) is 6.09. The molecule has 0 aromatic heterocycles. The number of piperidine rings is 1. The Hall–Kier alpha value is -0.980. The van der Waals surface area contributed by atoms with E-state index in [0.717, 1.165) is 0 Å². The smallest absolute Gasteiger partial charge is 0.345 e. The molecule has 0 aliphatic carbocycles. The SMILES string of the molecule is O=C(CCCl)N1CCC(NC(=O)C(F)(F)F)CC1. The Balaban J connectivity index is 2.36. The molecule has 18 heavy (non-hydrogen) atoms. The van der Waals surface area contributed by atoms with Crippen molar-refractivity contribution in [2.24, 2.45) is 0 Å². The molecular formula is C10H14ClF3N2O2. The summed E-state index contributed by atoms with van der Waals surface area (Å²) >= 11 is 5.43. The first kappa shape index (κ1) is 15.1. The zero-order valence-electron chi connectivity index (χ0n) is 9.60. The van der Waals surface area contributed by atoms with Crippen molar-refractivity contribution in [1.29, 1.82) is 0 Å². The van der Waals surface area contributed by atoms with Crippen molar-refractivity contribution < 1.29 is 22.8 Å². The van der Waals surface area contributed by atoms with Gasteiger partial charge in [-0.1, -0.05) is 0 Å². The quantitative estimate of drug-likeness (QED) is 0.795. The molecule has 1 fully saturated rings. The van der Waals surface area contributed by atoms with Crippen molar-refractivity contribution in [2.45, 2.75) is 31.5 Å². The van der Waals surface area contributed by atoms with E-state index in [1.165, 1.54) is 0 Å². The highest BCUT2D eigenvalue weighted by molar-refractivity contribution is 6.18. The number of nitrogens with one attached hydrogen (secondary N) is 1. The predicted octanol–water partition coefficient (Wildman–Crippen LogP) is 1.28. The number of hydrogen-bond donors (Lipinski definition) is 1. The average Bonchev–Trinajstić information content (AvgIpc) is 2.29. The molecule has 8 heteroatoms. The molecule has 1 aliphatic rings. The first-order chi connectivity index (χ1) is 8.34. The van der Waals surface area contributed by atoms with Crippen LogP contribution in [0.5, 0.6) is 0 Å². The molecule has 1 rings (SSSR count). The second-order valence-corrected chi connectivity index (χ2v) is 4.44. The summed E-state index contributed by atoms with van der Waals surface area (Å²) in [5.41, 5.74) is 0. The van der Waals surface area contributed by atoms with Gasteiger partial charge in [0.25, 0.3) is 0 Å². The average molecular weight is 287 g/mol. The largest absolute Gasteiger partial charge is 0.471 e. The number of carbonyl (C=O) groups is 2. The first-order valence-electron chi connectivity index (χ1n) is 5.56. The zero-order valence-corrected chi connectivity index (χ0v) is 10.4. The third kappa shape index (κ3) is 4.36. The predicted molar refractivity (Wildman–Crippen MR) is 59.1 cm³/mol. The van der Waals surface area contributed by atoms with Crippen molar-refractivity contribution in [3.8, 4) is 0 Å². The van der Waals surface area contributed by atoms with E-state index in [9.17, 15) is 22.8 Å². The van der Waals surface area contributed by atoms with Crippen LogP contribution in [0.3, 0.4) is 0 Å².